The van der Waals surface area contributed by atoms with E-state index in [1.54, 1.807) is 7.05 Å². The number of benzene rings is 1. The summed E-state index contributed by atoms with van der Waals surface area (Å²) in [4.78, 5) is 36.3. The lowest BCUT2D eigenvalue weighted by Gasteiger charge is -2.28. The van der Waals surface area contributed by atoms with E-state index in [1.165, 1.54) is 10.9 Å². The molecule has 3 aromatic rings. The molecule has 5 rings (SSSR count). The maximum Gasteiger partial charge on any atom is 0.264 e. The van der Waals surface area contributed by atoms with Crippen molar-refractivity contribution in [3.05, 3.63) is 47.0 Å². The number of nitrogens with one attached hydrogen (secondary N) is 2. The van der Waals surface area contributed by atoms with Crippen molar-refractivity contribution in [3.63, 3.8) is 0 Å². The third-order valence-corrected chi connectivity index (χ3v) is 6.12. The second-order valence-corrected chi connectivity index (χ2v) is 8.21. The number of nitrogens with zero attached hydrogens (tertiary/aromatic N) is 4. The minimum absolute atomic E-state index is 0.0303. The molecule has 2 N–H and O–H groups in total. The highest BCUT2D eigenvalue weighted by Crippen LogP contribution is 2.27. The predicted octanol–water partition coefficient (Wildman–Crippen LogP) is 1.38. The van der Waals surface area contributed by atoms with Crippen LogP contribution < -0.4 is 21.1 Å². The van der Waals surface area contributed by atoms with Crippen LogP contribution >= 0.6 is 0 Å². The van der Waals surface area contributed by atoms with E-state index >= 15 is 0 Å². The number of amides is 1. The van der Waals surface area contributed by atoms with Gasteiger partial charge in [-0.05, 0) is 24.6 Å². The molecule has 32 heavy (non-hydrogen) atoms. The van der Waals surface area contributed by atoms with Crippen LogP contribution in [-0.4, -0.2) is 59.8 Å². The second kappa shape index (κ2) is 8.58. The summed E-state index contributed by atoms with van der Waals surface area (Å²) in [6.45, 7) is 4.34. The zero-order valence-corrected chi connectivity index (χ0v) is 18.0. The average molecular weight is 435 g/mol. The van der Waals surface area contributed by atoms with Gasteiger partial charge in [0.1, 0.15) is 11.2 Å². The van der Waals surface area contributed by atoms with Crippen LogP contribution in [0.4, 0.5) is 11.5 Å². The summed E-state index contributed by atoms with van der Waals surface area (Å²) in [5.74, 6) is 0.356. The van der Waals surface area contributed by atoms with Crippen molar-refractivity contribution in [1.82, 2.24) is 19.9 Å². The van der Waals surface area contributed by atoms with Crippen LogP contribution in [0.25, 0.3) is 22.2 Å². The van der Waals surface area contributed by atoms with E-state index < -0.39 is 0 Å². The summed E-state index contributed by atoms with van der Waals surface area (Å²) >= 11 is 0. The van der Waals surface area contributed by atoms with Gasteiger partial charge in [0.15, 0.2) is 0 Å². The van der Waals surface area contributed by atoms with Gasteiger partial charge < -0.3 is 24.8 Å². The first kappa shape index (κ1) is 20.4. The van der Waals surface area contributed by atoms with Gasteiger partial charge in [0.2, 0.25) is 5.91 Å². The standard InChI is InChI=1S/C23H26N6O3/c1-28-14-26-19-12-18(15-2-4-17(5-3-15)29-8-10-32-11-9-29)27-21(20(19)23(28)31)25-13-16-6-7-24-22(16)30/h2-5,12,14,16H,6-11,13H2,1H3,(H,24,30)(H,25,27). The molecule has 0 bridgehead atoms. The first-order chi connectivity index (χ1) is 15.6. The van der Waals surface area contributed by atoms with Crippen molar-refractivity contribution < 1.29 is 9.53 Å². The number of hydrogen-bond acceptors (Lipinski definition) is 7. The Bertz CT molecular complexity index is 1200. The van der Waals surface area contributed by atoms with Crippen LogP contribution in [-0.2, 0) is 16.6 Å². The minimum Gasteiger partial charge on any atom is -0.378 e. The largest absolute Gasteiger partial charge is 0.378 e. The fraction of sp³-hybridized carbons (Fsp3) is 0.391. The molecular weight excluding hydrogens is 408 g/mol. The lowest BCUT2D eigenvalue weighted by Crippen LogP contribution is -2.36. The number of aryl methyl sites for hydroxylation is 1. The average Bonchev–Trinajstić information content (AvgIpc) is 3.25. The predicted molar refractivity (Wildman–Crippen MR) is 123 cm³/mol. The van der Waals surface area contributed by atoms with Gasteiger partial charge in [0.05, 0.1) is 36.7 Å². The Hall–Kier alpha value is -3.46. The fourth-order valence-electron chi connectivity index (χ4n) is 4.22. The number of rotatable bonds is 5. The van der Waals surface area contributed by atoms with Crippen molar-refractivity contribution in [2.75, 3.05) is 49.6 Å². The Morgan fingerprint density at radius 1 is 1.19 bits per heavy atom. The molecular formula is C23H26N6O3. The zero-order chi connectivity index (χ0) is 22.1. The van der Waals surface area contributed by atoms with E-state index in [0.717, 1.165) is 49.7 Å². The second-order valence-electron chi connectivity index (χ2n) is 8.21. The van der Waals surface area contributed by atoms with E-state index in [1.807, 2.05) is 18.2 Å². The summed E-state index contributed by atoms with van der Waals surface area (Å²) in [5, 5.41) is 6.53. The normalized spacial score (nSPS) is 18.7. The topological polar surface area (TPSA) is 101 Å². The monoisotopic (exact) mass is 434 g/mol. The van der Waals surface area contributed by atoms with Gasteiger partial charge in [-0.25, -0.2) is 9.97 Å². The number of anilines is 2. The molecule has 166 valence electrons. The van der Waals surface area contributed by atoms with E-state index in [4.69, 9.17) is 9.72 Å². The molecule has 0 spiro atoms. The van der Waals surface area contributed by atoms with Gasteiger partial charge in [-0.2, -0.15) is 0 Å². The number of aromatic nitrogens is 3. The van der Waals surface area contributed by atoms with E-state index in [-0.39, 0.29) is 17.4 Å². The minimum atomic E-state index is -0.171. The number of fused-ring (bicyclic) bond motifs is 1. The van der Waals surface area contributed by atoms with Crippen LogP contribution in [0, 0.1) is 5.92 Å². The molecule has 1 aromatic carbocycles. The third kappa shape index (κ3) is 3.91. The number of morpholine rings is 1. The van der Waals surface area contributed by atoms with Gasteiger partial charge in [-0.3, -0.25) is 9.59 Å². The van der Waals surface area contributed by atoms with Crippen molar-refractivity contribution in [2.24, 2.45) is 13.0 Å². The highest BCUT2D eigenvalue weighted by atomic mass is 16.5. The third-order valence-electron chi connectivity index (χ3n) is 6.12. The molecule has 2 aromatic heterocycles. The highest BCUT2D eigenvalue weighted by Gasteiger charge is 2.24. The summed E-state index contributed by atoms with van der Waals surface area (Å²) < 4.78 is 6.87. The SMILES string of the molecule is Cn1cnc2cc(-c3ccc(N4CCOCC4)cc3)nc(NCC3CCNC3=O)c2c1=O. The van der Waals surface area contributed by atoms with E-state index in [9.17, 15) is 9.59 Å². The number of hydrogen-bond donors (Lipinski definition) is 2. The Kier molecular flexibility index (Phi) is 5.48. The molecule has 1 atom stereocenters. The first-order valence-electron chi connectivity index (χ1n) is 10.9. The molecule has 4 heterocycles. The summed E-state index contributed by atoms with van der Waals surface area (Å²) in [5.41, 5.74) is 3.22. The molecule has 0 radical (unpaired) electrons. The Morgan fingerprint density at radius 2 is 1.97 bits per heavy atom. The molecule has 2 aliphatic heterocycles. The molecule has 9 nitrogen and oxygen atoms in total. The van der Waals surface area contributed by atoms with Crippen molar-refractivity contribution >= 4 is 28.3 Å². The number of carbonyl (C=O) groups is 1. The van der Waals surface area contributed by atoms with Gasteiger partial charge >= 0.3 is 0 Å². The van der Waals surface area contributed by atoms with Crippen LogP contribution in [0.3, 0.4) is 0 Å². The quantitative estimate of drug-likeness (QED) is 0.626. The van der Waals surface area contributed by atoms with Gasteiger partial charge in [-0.1, -0.05) is 12.1 Å². The Balaban J connectivity index is 1.49. The molecule has 0 aliphatic carbocycles. The van der Waals surface area contributed by atoms with Crippen LogP contribution in [0.1, 0.15) is 6.42 Å². The number of ether oxygens (including phenoxy) is 1. The smallest absolute Gasteiger partial charge is 0.264 e. The van der Waals surface area contributed by atoms with E-state index in [0.29, 0.717) is 29.8 Å². The van der Waals surface area contributed by atoms with E-state index in [2.05, 4.69) is 32.7 Å². The van der Waals surface area contributed by atoms with Gasteiger partial charge in [-0.15, -0.1) is 0 Å². The van der Waals surface area contributed by atoms with Crippen LogP contribution in [0.15, 0.2) is 41.5 Å². The van der Waals surface area contributed by atoms with Gasteiger partial charge in [0.25, 0.3) is 5.56 Å². The molecule has 2 fully saturated rings. The van der Waals surface area contributed by atoms with Gasteiger partial charge in [0, 0.05) is 44.5 Å². The van der Waals surface area contributed by atoms with Crippen molar-refractivity contribution in [3.8, 4) is 11.3 Å². The lowest BCUT2D eigenvalue weighted by molar-refractivity contribution is -0.122. The first-order valence-corrected chi connectivity index (χ1v) is 10.9. The molecule has 2 saturated heterocycles. The van der Waals surface area contributed by atoms with Crippen molar-refractivity contribution in [1.29, 1.82) is 0 Å². The number of carbonyl (C=O) groups excluding carboxylic acids is 1. The maximum absolute atomic E-state index is 12.8. The summed E-state index contributed by atoms with van der Waals surface area (Å²) in [6.07, 6.45) is 2.28. The highest BCUT2D eigenvalue weighted by molar-refractivity contribution is 5.91. The molecule has 9 heteroatoms. The maximum atomic E-state index is 12.8. The zero-order valence-electron chi connectivity index (χ0n) is 18.0. The summed E-state index contributed by atoms with van der Waals surface area (Å²) in [7, 11) is 1.67. The van der Waals surface area contributed by atoms with Crippen molar-refractivity contribution in [2.45, 2.75) is 6.42 Å². The number of pyridine rings is 1. The Morgan fingerprint density at radius 3 is 2.69 bits per heavy atom. The molecule has 0 saturated carbocycles. The molecule has 1 unspecified atom stereocenters. The summed E-state index contributed by atoms with van der Waals surface area (Å²) in [6, 6.07) is 10.1. The molecule has 1 amide bonds. The van der Waals surface area contributed by atoms with Crippen LogP contribution in [0.2, 0.25) is 0 Å². The van der Waals surface area contributed by atoms with Crippen LogP contribution in [0.5, 0.6) is 0 Å². The Labute approximate surface area is 185 Å². The fourth-order valence-corrected chi connectivity index (χ4v) is 4.22. The molecule has 2 aliphatic rings. The lowest BCUT2D eigenvalue weighted by atomic mass is 10.1.